The first-order valence-corrected chi connectivity index (χ1v) is 0. The van der Waals surface area contributed by atoms with Crippen LogP contribution in [0.4, 0.5) is 0 Å². The molecule has 0 aromatic rings. The molecule has 0 atom stereocenters. The third-order valence-corrected chi connectivity index (χ3v) is 0. The van der Waals surface area contributed by atoms with Crippen molar-refractivity contribution in [3.05, 3.63) is 0 Å². The van der Waals surface area contributed by atoms with E-state index >= 15 is 0 Å². The van der Waals surface area contributed by atoms with Crippen molar-refractivity contribution in [2.45, 2.75) is 0 Å². The summed E-state index contributed by atoms with van der Waals surface area (Å²) >= 11 is 0. The van der Waals surface area contributed by atoms with Gasteiger partial charge >= 0.3 is 37.7 Å². The largest absolute Gasteiger partial charge is 2.00 e. The molecule has 0 spiro atoms. The Bertz CT molecular complexity index is 17.7. The first-order valence-electron chi connectivity index (χ1n) is 0. The summed E-state index contributed by atoms with van der Waals surface area (Å²) in [5.41, 5.74) is 0. The van der Waals surface area contributed by atoms with E-state index in [1.165, 1.54) is 0 Å². The van der Waals surface area contributed by atoms with Crippen molar-refractivity contribution in [1.82, 2.24) is 6.15 Å². The van der Waals surface area contributed by atoms with Crippen LogP contribution in [-0.2, 0) is 0 Å². The summed E-state index contributed by atoms with van der Waals surface area (Å²) in [6.07, 6.45) is 0. The Morgan fingerprint density at radius 1 is 1.20 bits per heavy atom. The fourth-order valence-electron chi connectivity index (χ4n) is 0. The summed E-state index contributed by atoms with van der Waals surface area (Å²) in [6.45, 7) is 0. The molecule has 0 amide bonds. The van der Waals surface area contributed by atoms with Gasteiger partial charge in [0.05, 0.1) is 0 Å². The standard InChI is InChI=1S/Ca.Eu.H3N.H2O.H4Si.2H/h;;1H3;1H2;1H4;;/q+2;;;;;2*-1. The normalized spacial score (nSPS) is 0. The molecule has 5 N–H and O–H groups in total. The van der Waals surface area contributed by atoms with E-state index in [1.807, 2.05) is 0 Å². The zero-order chi connectivity index (χ0) is 0. The molecule has 0 fully saturated rings. The van der Waals surface area contributed by atoms with Gasteiger partial charge in [-0.3, -0.25) is 0 Å². The van der Waals surface area contributed by atoms with Crippen molar-refractivity contribution in [2.24, 2.45) is 0 Å². The van der Waals surface area contributed by atoms with Crippen LogP contribution in [0.25, 0.3) is 0 Å². The van der Waals surface area contributed by atoms with Crippen LogP contribution in [0.3, 0.4) is 0 Å². The van der Waals surface area contributed by atoms with Crippen molar-refractivity contribution < 1.29 is 57.7 Å². The van der Waals surface area contributed by atoms with E-state index in [-0.39, 0.29) is 113 Å². The van der Waals surface area contributed by atoms with Crippen LogP contribution in [0.15, 0.2) is 0 Å². The molecule has 0 heterocycles. The Balaban J connectivity index is 0. The van der Waals surface area contributed by atoms with Gasteiger partial charge in [-0.1, -0.05) is 0 Å². The van der Waals surface area contributed by atoms with Crippen LogP contribution in [0.1, 0.15) is 2.85 Å². The summed E-state index contributed by atoms with van der Waals surface area (Å²) in [5, 5.41) is 0. The average Bonchev–Trinajstić information content (AvgIpc) is 0. The zero-order valence-electron chi connectivity index (χ0n) is 4.29. The maximum atomic E-state index is 0. The molecule has 0 rings (SSSR count). The SMILES string of the molecule is N.O.[Ca+2].[Eu].[H-].[H-].[SiH4]. The Hall–Kier alpha value is 2.98. The van der Waals surface area contributed by atoms with Gasteiger partial charge in [0.25, 0.3) is 0 Å². The Morgan fingerprint density at radius 2 is 1.20 bits per heavy atom. The van der Waals surface area contributed by atoms with E-state index in [4.69, 9.17) is 0 Å². The fourth-order valence-corrected chi connectivity index (χ4v) is 0. The molecule has 0 aromatic carbocycles. The van der Waals surface area contributed by atoms with Gasteiger partial charge in [-0.2, -0.15) is 0 Å². The van der Waals surface area contributed by atoms with Crippen LogP contribution in [-0.4, -0.2) is 54.2 Å². The van der Waals surface area contributed by atoms with Crippen molar-refractivity contribution in [3.63, 3.8) is 0 Å². The summed E-state index contributed by atoms with van der Waals surface area (Å²) in [4.78, 5) is 0. The molecule has 5 heteroatoms. The zero-order valence-corrected chi connectivity index (χ0v) is 6.93. The minimum Gasteiger partial charge on any atom is -1.00 e. The molecule has 0 saturated carbocycles. The summed E-state index contributed by atoms with van der Waals surface area (Å²) in [5.74, 6) is 0. The predicted octanol–water partition coefficient (Wildman–Crippen LogP) is -2.27. The smallest absolute Gasteiger partial charge is 1.00 e. The second-order valence-corrected chi connectivity index (χ2v) is 0. The fraction of sp³-hybridized carbons (Fsp3) is 0. The van der Waals surface area contributed by atoms with Crippen LogP contribution < -0.4 is 6.15 Å². The van der Waals surface area contributed by atoms with E-state index in [0.717, 1.165) is 0 Å². The molecule has 0 aromatic heterocycles. The predicted molar refractivity (Wildman–Crippen MR) is 27.9 cm³/mol. The maximum Gasteiger partial charge on any atom is 2.00 e. The molecule has 35 valence electrons. The van der Waals surface area contributed by atoms with Gasteiger partial charge in [0.1, 0.15) is 0 Å². The third kappa shape index (κ3) is 19.5. The molecule has 0 unspecified atom stereocenters. The van der Waals surface area contributed by atoms with Crippen LogP contribution >= 0.6 is 0 Å². The van der Waals surface area contributed by atoms with Crippen molar-refractivity contribution in [1.29, 1.82) is 0 Å². The Kier molecular flexibility index (Phi) is 246. The minimum atomic E-state index is 0. The van der Waals surface area contributed by atoms with Crippen molar-refractivity contribution in [2.75, 3.05) is 0 Å². The quantitative estimate of drug-likeness (QED) is 0.491. The topological polar surface area (TPSA) is 66.5 Å². The van der Waals surface area contributed by atoms with Gasteiger partial charge in [-0.15, -0.1) is 0 Å². The maximum absolute atomic E-state index is 0. The molecular formula is H11CaEuNOSi. The van der Waals surface area contributed by atoms with Gasteiger partial charge in [0, 0.05) is 49.4 Å². The molecule has 0 saturated heterocycles. The molecule has 2 nitrogen and oxygen atoms in total. The number of hydrogen-bond donors (Lipinski definition) is 1. The van der Waals surface area contributed by atoms with Crippen LogP contribution in [0.2, 0.25) is 0 Å². The van der Waals surface area contributed by atoms with Gasteiger partial charge in [0.15, 0.2) is 0 Å². The van der Waals surface area contributed by atoms with Gasteiger partial charge in [-0.25, -0.2) is 0 Å². The average molecular weight is 261 g/mol. The first-order chi connectivity index (χ1) is 0. The summed E-state index contributed by atoms with van der Waals surface area (Å²) < 4.78 is 0. The molecule has 1 radical (unpaired) electrons. The number of rotatable bonds is 0. The van der Waals surface area contributed by atoms with Gasteiger partial charge in [0.2, 0.25) is 0 Å². The monoisotopic (exact) mass is 262 g/mol. The molecular weight excluding hydrogens is 250 g/mol. The van der Waals surface area contributed by atoms with E-state index in [2.05, 4.69) is 0 Å². The summed E-state index contributed by atoms with van der Waals surface area (Å²) in [7, 11) is 0. The van der Waals surface area contributed by atoms with E-state index in [0.29, 0.717) is 0 Å². The first kappa shape index (κ1) is 43.8. The van der Waals surface area contributed by atoms with Crippen LogP contribution in [0.5, 0.6) is 0 Å². The number of hydrogen-bond acceptors (Lipinski definition) is 1. The molecule has 0 aliphatic heterocycles. The molecule has 0 aliphatic rings. The Morgan fingerprint density at radius 3 is 1.20 bits per heavy atom. The van der Waals surface area contributed by atoms with Gasteiger partial charge < -0.3 is 14.5 Å². The molecule has 0 aliphatic carbocycles. The Labute approximate surface area is 110 Å². The van der Waals surface area contributed by atoms with E-state index in [9.17, 15) is 0 Å². The third-order valence-electron chi connectivity index (χ3n) is 0. The van der Waals surface area contributed by atoms with Crippen molar-refractivity contribution in [3.8, 4) is 0 Å². The minimum absolute atomic E-state index is 0. The molecule has 5 heavy (non-hydrogen) atoms. The van der Waals surface area contributed by atoms with Crippen LogP contribution in [0, 0.1) is 49.4 Å². The second kappa shape index (κ2) is 28.1. The van der Waals surface area contributed by atoms with Gasteiger partial charge in [-0.05, 0) is 11.0 Å². The van der Waals surface area contributed by atoms with E-state index in [1.54, 1.807) is 0 Å². The summed E-state index contributed by atoms with van der Waals surface area (Å²) in [6, 6.07) is 0. The molecule has 0 bridgehead atoms. The second-order valence-electron chi connectivity index (χ2n) is 0. The van der Waals surface area contributed by atoms with Crippen molar-refractivity contribution >= 4 is 48.7 Å². The van der Waals surface area contributed by atoms with E-state index < -0.39 is 0 Å².